The van der Waals surface area contributed by atoms with Crippen molar-refractivity contribution in [1.82, 2.24) is 25.0 Å². The third-order valence-corrected chi connectivity index (χ3v) is 6.03. The van der Waals surface area contributed by atoms with Crippen molar-refractivity contribution in [3.63, 3.8) is 0 Å². The fourth-order valence-corrected chi connectivity index (χ4v) is 4.38. The molecule has 3 aromatic rings. The molecule has 31 heavy (non-hydrogen) atoms. The van der Waals surface area contributed by atoms with Crippen LogP contribution in [-0.2, 0) is 6.54 Å². The Labute approximate surface area is 183 Å². The van der Waals surface area contributed by atoms with Gasteiger partial charge in [0.05, 0.1) is 17.8 Å². The van der Waals surface area contributed by atoms with Gasteiger partial charge in [-0.25, -0.2) is 9.98 Å². The molecule has 0 bridgehead atoms. The number of carbonyl (C=O) groups excluding carboxylic acids is 1. The maximum Gasteiger partial charge on any atom is 0.257 e. The van der Waals surface area contributed by atoms with E-state index in [1.54, 1.807) is 37.6 Å². The molecule has 0 unspecified atom stereocenters. The van der Waals surface area contributed by atoms with Gasteiger partial charge in [0, 0.05) is 30.4 Å². The maximum atomic E-state index is 12.7. The van der Waals surface area contributed by atoms with E-state index in [0.717, 1.165) is 12.1 Å². The molecule has 3 aromatic heterocycles. The van der Waals surface area contributed by atoms with E-state index in [0.29, 0.717) is 40.0 Å². The number of carbonyl (C=O) groups is 1. The van der Waals surface area contributed by atoms with Crippen LogP contribution in [0.4, 0.5) is 5.82 Å². The number of pyridine rings is 2. The van der Waals surface area contributed by atoms with Crippen molar-refractivity contribution in [2.24, 2.45) is 16.8 Å². The third-order valence-electron chi connectivity index (χ3n) is 5.80. The van der Waals surface area contributed by atoms with Gasteiger partial charge in [-0.3, -0.25) is 9.78 Å². The van der Waals surface area contributed by atoms with Crippen LogP contribution in [0, 0.1) is 11.8 Å². The van der Waals surface area contributed by atoms with E-state index in [2.05, 4.69) is 37.9 Å². The predicted molar refractivity (Wildman–Crippen MR) is 115 cm³/mol. The van der Waals surface area contributed by atoms with E-state index in [1.165, 1.54) is 10.5 Å². The zero-order valence-electron chi connectivity index (χ0n) is 16.8. The van der Waals surface area contributed by atoms with Crippen LogP contribution in [0.15, 0.2) is 52.3 Å². The Balaban J connectivity index is 1.25. The van der Waals surface area contributed by atoms with Crippen LogP contribution in [0.1, 0.15) is 40.1 Å². The van der Waals surface area contributed by atoms with Gasteiger partial charge < -0.3 is 9.42 Å². The molecule has 0 spiro atoms. The summed E-state index contributed by atoms with van der Waals surface area (Å²) in [6, 6.07) is 7.02. The highest BCUT2D eigenvalue weighted by atomic mass is 35.5. The highest BCUT2D eigenvalue weighted by Gasteiger charge is 2.55. The zero-order valence-corrected chi connectivity index (χ0v) is 17.5. The molecule has 1 saturated carbocycles. The highest BCUT2D eigenvalue weighted by Crippen LogP contribution is 2.62. The smallest absolute Gasteiger partial charge is 0.257 e. The van der Waals surface area contributed by atoms with E-state index < -0.39 is 0 Å². The topological polar surface area (TPSA) is 97.4 Å². The lowest BCUT2D eigenvalue weighted by molar-refractivity contribution is 0.0770. The lowest BCUT2D eigenvalue weighted by Crippen LogP contribution is -2.26. The number of halogens is 1. The quantitative estimate of drug-likeness (QED) is 0.545. The summed E-state index contributed by atoms with van der Waals surface area (Å²) >= 11 is 6.08. The van der Waals surface area contributed by atoms with Crippen molar-refractivity contribution in [1.29, 1.82) is 0 Å². The van der Waals surface area contributed by atoms with Crippen LogP contribution in [0.5, 0.6) is 0 Å². The fourth-order valence-electron chi connectivity index (χ4n) is 4.22. The Morgan fingerprint density at radius 1 is 1.35 bits per heavy atom. The summed E-state index contributed by atoms with van der Waals surface area (Å²) in [5, 5.41) is 4.85. The van der Waals surface area contributed by atoms with Crippen LogP contribution in [0.3, 0.4) is 0 Å². The Morgan fingerprint density at radius 3 is 2.97 bits per heavy atom. The van der Waals surface area contributed by atoms with Gasteiger partial charge in [0.25, 0.3) is 5.91 Å². The molecule has 2 aliphatic rings. The first kappa shape index (κ1) is 19.6. The van der Waals surface area contributed by atoms with Crippen LogP contribution < -0.4 is 0 Å². The predicted octanol–water partition coefficient (Wildman–Crippen LogP) is 3.93. The molecule has 1 amide bonds. The number of hydrogen-bond acceptors (Lipinski definition) is 7. The van der Waals surface area contributed by atoms with Gasteiger partial charge >= 0.3 is 0 Å². The number of nitrogens with zero attached hydrogens (tertiary/aromatic N) is 6. The van der Waals surface area contributed by atoms with Crippen LogP contribution in [0.2, 0.25) is 5.02 Å². The summed E-state index contributed by atoms with van der Waals surface area (Å²) in [6.45, 7) is 3.67. The van der Waals surface area contributed by atoms with Crippen molar-refractivity contribution >= 4 is 35.6 Å². The van der Waals surface area contributed by atoms with Crippen molar-refractivity contribution < 1.29 is 9.32 Å². The summed E-state index contributed by atoms with van der Waals surface area (Å²) < 4.78 is 5.41. The first-order valence-corrected chi connectivity index (χ1v) is 10.2. The highest BCUT2D eigenvalue weighted by molar-refractivity contribution is 6.30. The number of hydrogen-bond donors (Lipinski definition) is 0. The van der Waals surface area contributed by atoms with E-state index >= 15 is 0 Å². The van der Waals surface area contributed by atoms with Gasteiger partial charge in [-0.15, -0.1) is 0 Å². The first-order chi connectivity index (χ1) is 15.0. The number of aromatic nitrogens is 4. The lowest BCUT2D eigenvalue weighted by Gasteiger charge is -2.15. The summed E-state index contributed by atoms with van der Waals surface area (Å²) in [5.41, 5.74) is 2.52. The van der Waals surface area contributed by atoms with Crippen molar-refractivity contribution in [3.05, 3.63) is 70.7 Å². The van der Waals surface area contributed by atoms with E-state index in [1.807, 2.05) is 6.07 Å². The van der Waals surface area contributed by atoms with E-state index in [4.69, 9.17) is 16.1 Å². The summed E-state index contributed by atoms with van der Waals surface area (Å²) in [7, 11) is 1.67. The molecular formula is C22H19ClN6O2. The van der Waals surface area contributed by atoms with Crippen molar-refractivity contribution in [2.75, 3.05) is 7.05 Å². The molecule has 3 atom stereocenters. The number of fused-ring (bicyclic) bond motifs is 1. The average molecular weight is 435 g/mol. The number of rotatable bonds is 6. The number of allylic oxidation sites excluding steroid dienone is 2. The fraction of sp³-hybridized carbons (Fsp3) is 0.273. The standard InChI is InChI=1S/C22H19ClN6O2/c1-24-20-14(4-3-6-26-20)22(30)29(2)11-18-27-21(28-31-18)19-15-8-12(9-16(15)19)17-10-13(23)5-7-25-17/h3-8,10,15-16,19H,1,9,11H2,2H3/t15-,16+,19+/m1/s1. The maximum absolute atomic E-state index is 12.7. The molecule has 9 heteroatoms. The second-order valence-electron chi connectivity index (χ2n) is 7.76. The molecule has 156 valence electrons. The average Bonchev–Trinajstić information content (AvgIpc) is 3.11. The minimum atomic E-state index is -0.236. The van der Waals surface area contributed by atoms with E-state index in [9.17, 15) is 4.79 Å². The Kier molecular flexibility index (Phi) is 4.86. The second kappa shape index (κ2) is 7.70. The van der Waals surface area contributed by atoms with Gasteiger partial charge in [-0.05, 0) is 54.8 Å². The molecule has 1 fully saturated rings. The second-order valence-corrected chi connectivity index (χ2v) is 8.20. The lowest BCUT2D eigenvalue weighted by atomic mass is 10.1. The summed E-state index contributed by atoms with van der Waals surface area (Å²) in [6.07, 6.45) is 6.46. The number of aliphatic imine (C=N–C) groups is 1. The number of amides is 1. The molecule has 0 N–H and O–H groups in total. The zero-order chi connectivity index (χ0) is 21.5. The van der Waals surface area contributed by atoms with Crippen LogP contribution >= 0.6 is 11.6 Å². The monoisotopic (exact) mass is 434 g/mol. The normalized spacial score (nSPS) is 21.4. The summed E-state index contributed by atoms with van der Waals surface area (Å²) in [4.78, 5) is 31.0. The molecule has 0 radical (unpaired) electrons. The summed E-state index contributed by atoms with van der Waals surface area (Å²) in [5.74, 6) is 2.24. The van der Waals surface area contributed by atoms with E-state index in [-0.39, 0.29) is 18.4 Å². The molecule has 0 aromatic carbocycles. The molecule has 0 aliphatic heterocycles. The molecule has 8 nitrogen and oxygen atoms in total. The molecule has 5 rings (SSSR count). The largest absolute Gasteiger partial charge is 0.337 e. The van der Waals surface area contributed by atoms with Crippen LogP contribution in [-0.4, -0.2) is 44.7 Å². The van der Waals surface area contributed by atoms with Gasteiger partial charge in [-0.1, -0.05) is 22.8 Å². The van der Waals surface area contributed by atoms with Gasteiger partial charge in [0.1, 0.15) is 0 Å². The molecular weight excluding hydrogens is 416 g/mol. The molecule has 3 heterocycles. The van der Waals surface area contributed by atoms with Crippen molar-refractivity contribution in [2.45, 2.75) is 18.9 Å². The Morgan fingerprint density at radius 2 is 2.23 bits per heavy atom. The van der Waals surface area contributed by atoms with Gasteiger partial charge in [0.15, 0.2) is 11.6 Å². The Hall–Kier alpha value is -3.39. The molecule has 2 aliphatic carbocycles. The third kappa shape index (κ3) is 3.63. The van der Waals surface area contributed by atoms with Crippen molar-refractivity contribution in [3.8, 4) is 0 Å². The minimum absolute atomic E-state index is 0.201. The first-order valence-electron chi connectivity index (χ1n) is 9.87. The Bertz CT molecular complexity index is 1210. The molecule has 0 saturated heterocycles. The van der Waals surface area contributed by atoms with Crippen LogP contribution in [0.25, 0.3) is 5.57 Å². The van der Waals surface area contributed by atoms with Gasteiger partial charge in [-0.2, -0.15) is 4.98 Å². The minimum Gasteiger partial charge on any atom is -0.337 e. The SMILES string of the molecule is C=Nc1ncccc1C(=O)N(C)Cc1nc([C@H]2[C@@H]3C=C(c4cc(Cl)ccn4)C[C@@H]32)no1. The van der Waals surface area contributed by atoms with Gasteiger partial charge in [0.2, 0.25) is 5.89 Å².